The lowest BCUT2D eigenvalue weighted by atomic mass is 9.80. The SMILES string of the molecule is CC(O)C1CCN(C(=O)CC2(C(=O)N3CCC(C(C)O)CC3)CCNC2)CC1.Cl. The number of nitrogens with one attached hydrogen (secondary N) is 1. The number of hydrogen-bond donors (Lipinski definition) is 3. The van der Waals surface area contributed by atoms with Crippen LogP contribution in [0.4, 0.5) is 0 Å². The number of carbonyl (C=O) groups is 2. The molecule has 3 unspecified atom stereocenters. The van der Waals surface area contributed by atoms with Crippen molar-refractivity contribution in [3.63, 3.8) is 0 Å². The van der Waals surface area contributed by atoms with Crippen LogP contribution in [0.3, 0.4) is 0 Å². The van der Waals surface area contributed by atoms with Crippen molar-refractivity contribution in [2.75, 3.05) is 39.3 Å². The van der Waals surface area contributed by atoms with Crippen LogP contribution < -0.4 is 5.32 Å². The molecule has 3 saturated heterocycles. The van der Waals surface area contributed by atoms with Crippen LogP contribution >= 0.6 is 12.4 Å². The molecule has 3 atom stereocenters. The Kier molecular flexibility index (Phi) is 8.76. The van der Waals surface area contributed by atoms with Crippen LogP contribution in [0.25, 0.3) is 0 Å². The molecule has 3 N–H and O–H groups in total. The molecule has 29 heavy (non-hydrogen) atoms. The average molecular weight is 432 g/mol. The third kappa shape index (κ3) is 5.63. The summed E-state index contributed by atoms with van der Waals surface area (Å²) in [6.45, 7) is 7.67. The van der Waals surface area contributed by atoms with Gasteiger partial charge >= 0.3 is 0 Å². The van der Waals surface area contributed by atoms with E-state index >= 15 is 0 Å². The van der Waals surface area contributed by atoms with Gasteiger partial charge in [0.15, 0.2) is 0 Å². The summed E-state index contributed by atoms with van der Waals surface area (Å²) < 4.78 is 0. The van der Waals surface area contributed by atoms with E-state index in [1.54, 1.807) is 0 Å². The van der Waals surface area contributed by atoms with Crippen molar-refractivity contribution in [2.45, 2.75) is 64.6 Å². The van der Waals surface area contributed by atoms with Gasteiger partial charge in [-0.3, -0.25) is 9.59 Å². The molecule has 3 heterocycles. The second-order valence-corrected chi connectivity index (χ2v) is 9.21. The number of carbonyl (C=O) groups excluding carboxylic acids is 2. The molecule has 2 amide bonds. The van der Waals surface area contributed by atoms with Crippen molar-refractivity contribution in [2.24, 2.45) is 17.3 Å². The quantitative estimate of drug-likeness (QED) is 0.604. The van der Waals surface area contributed by atoms with Crippen molar-refractivity contribution < 1.29 is 19.8 Å². The second-order valence-electron chi connectivity index (χ2n) is 9.21. The highest BCUT2D eigenvalue weighted by Crippen LogP contribution is 2.35. The first-order chi connectivity index (χ1) is 13.3. The predicted molar refractivity (Wildman–Crippen MR) is 114 cm³/mol. The van der Waals surface area contributed by atoms with Gasteiger partial charge in [-0.2, -0.15) is 0 Å². The number of nitrogens with zero attached hydrogens (tertiary/aromatic N) is 2. The predicted octanol–water partition coefficient (Wildman–Crippen LogP) is 1.02. The Morgan fingerprint density at radius 1 is 0.966 bits per heavy atom. The second kappa shape index (κ2) is 10.4. The molecule has 0 aromatic carbocycles. The molecular formula is C21H38ClN3O4. The molecule has 0 spiro atoms. The summed E-state index contributed by atoms with van der Waals surface area (Å²) in [5, 5.41) is 22.9. The third-order valence-electron chi connectivity index (χ3n) is 7.27. The summed E-state index contributed by atoms with van der Waals surface area (Å²) >= 11 is 0. The highest BCUT2D eigenvalue weighted by Gasteiger charge is 2.46. The smallest absolute Gasteiger partial charge is 0.230 e. The Morgan fingerprint density at radius 2 is 1.45 bits per heavy atom. The average Bonchev–Trinajstić information content (AvgIpc) is 3.17. The topological polar surface area (TPSA) is 93.1 Å². The van der Waals surface area contributed by atoms with E-state index in [9.17, 15) is 19.8 Å². The fraction of sp³-hybridized carbons (Fsp3) is 0.905. The van der Waals surface area contributed by atoms with Gasteiger partial charge in [0.1, 0.15) is 0 Å². The number of halogens is 1. The zero-order valence-electron chi connectivity index (χ0n) is 17.8. The Bertz CT molecular complexity index is 550. The van der Waals surface area contributed by atoms with E-state index in [0.717, 1.165) is 32.2 Å². The van der Waals surface area contributed by atoms with Crippen molar-refractivity contribution >= 4 is 24.2 Å². The minimum absolute atomic E-state index is 0. The summed E-state index contributed by atoms with van der Waals surface area (Å²) in [7, 11) is 0. The minimum atomic E-state index is -0.629. The van der Waals surface area contributed by atoms with E-state index < -0.39 is 5.41 Å². The molecule has 168 valence electrons. The maximum absolute atomic E-state index is 13.4. The molecule has 0 aromatic heterocycles. The summed E-state index contributed by atoms with van der Waals surface area (Å²) in [6.07, 6.45) is 3.64. The summed E-state index contributed by atoms with van der Waals surface area (Å²) in [5.74, 6) is 0.704. The van der Waals surface area contributed by atoms with Crippen LogP contribution in [-0.4, -0.2) is 83.3 Å². The molecule has 0 aliphatic carbocycles. The third-order valence-corrected chi connectivity index (χ3v) is 7.27. The van der Waals surface area contributed by atoms with Crippen molar-refractivity contribution in [1.29, 1.82) is 0 Å². The molecule has 0 aromatic rings. The number of likely N-dealkylation sites (tertiary alicyclic amines) is 2. The molecule has 3 fully saturated rings. The van der Waals surface area contributed by atoms with E-state index in [2.05, 4.69) is 5.32 Å². The van der Waals surface area contributed by atoms with Crippen molar-refractivity contribution in [1.82, 2.24) is 15.1 Å². The summed E-state index contributed by atoms with van der Waals surface area (Å²) in [6, 6.07) is 0. The number of aliphatic hydroxyl groups is 2. The van der Waals surface area contributed by atoms with Gasteiger partial charge in [0.25, 0.3) is 0 Å². The first kappa shape index (κ1) is 24.4. The van der Waals surface area contributed by atoms with Gasteiger partial charge in [-0.05, 0) is 64.3 Å². The van der Waals surface area contributed by atoms with E-state index in [1.807, 2.05) is 23.6 Å². The summed E-state index contributed by atoms with van der Waals surface area (Å²) in [5.41, 5.74) is -0.629. The van der Waals surface area contributed by atoms with Gasteiger partial charge in [0.2, 0.25) is 11.8 Å². The Hall–Kier alpha value is -0.890. The van der Waals surface area contributed by atoms with Gasteiger partial charge in [0, 0.05) is 39.1 Å². The van der Waals surface area contributed by atoms with Gasteiger partial charge in [0.05, 0.1) is 17.6 Å². The first-order valence-corrected chi connectivity index (χ1v) is 11.0. The molecule has 7 nitrogen and oxygen atoms in total. The monoisotopic (exact) mass is 431 g/mol. The number of piperidine rings is 2. The maximum Gasteiger partial charge on any atom is 0.230 e. The minimum Gasteiger partial charge on any atom is -0.393 e. The largest absolute Gasteiger partial charge is 0.393 e. The van der Waals surface area contributed by atoms with Crippen LogP contribution in [0.1, 0.15) is 52.4 Å². The van der Waals surface area contributed by atoms with Crippen LogP contribution in [-0.2, 0) is 9.59 Å². The molecule has 8 heteroatoms. The first-order valence-electron chi connectivity index (χ1n) is 11.0. The lowest BCUT2D eigenvalue weighted by molar-refractivity contribution is -0.149. The lowest BCUT2D eigenvalue weighted by Gasteiger charge is -2.40. The molecule has 3 rings (SSSR count). The van der Waals surface area contributed by atoms with Crippen LogP contribution in [0, 0.1) is 17.3 Å². The van der Waals surface area contributed by atoms with Crippen LogP contribution in [0.5, 0.6) is 0 Å². The Morgan fingerprint density at radius 3 is 1.86 bits per heavy atom. The molecule has 0 bridgehead atoms. The number of rotatable bonds is 5. The molecule has 3 aliphatic rings. The normalized spacial score (nSPS) is 28.7. The van der Waals surface area contributed by atoms with E-state index in [0.29, 0.717) is 39.1 Å². The fourth-order valence-electron chi connectivity index (χ4n) is 5.11. The van der Waals surface area contributed by atoms with Crippen molar-refractivity contribution in [3.05, 3.63) is 0 Å². The van der Waals surface area contributed by atoms with E-state index in [1.165, 1.54) is 0 Å². The fourth-order valence-corrected chi connectivity index (χ4v) is 5.11. The zero-order valence-corrected chi connectivity index (χ0v) is 18.6. The Labute approximate surface area is 180 Å². The number of aliphatic hydroxyl groups excluding tert-OH is 2. The van der Waals surface area contributed by atoms with Crippen LogP contribution in [0.15, 0.2) is 0 Å². The summed E-state index contributed by atoms with van der Waals surface area (Å²) in [4.78, 5) is 30.2. The van der Waals surface area contributed by atoms with Crippen molar-refractivity contribution in [3.8, 4) is 0 Å². The Balaban J connectivity index is 0.00000300. The highest BCUT2D eigenvalue weighted by molar-refractivity contribution is 5.89. The maximum atomic E-state index is 13.4. The highest BCUT2D eigenvalue weighted by atomic mass is 35.5. The molecule has 3 aliphatic heterocycles. The van der Waals surface area contributed by atoms with Gasteiger partial charge in [-0.25, -0.2) is 0 Å². The number of amides is 2. The van der Waals surface area contributed by atoms with Gasteiger partial charge < -0.3 is 25.3 Å². The standard InChI is InChI=1S/C21H37N3O4.ClH/c1-15(25)17-3-9-23(10-4-17)19(27)13-21(7-8-22-14-21)20(28)24-11-5-18(6-12-24)16(2)26;/h15-18,22,25-26H,3-14H2,1-2H3;1H. The lowest BCUT2D eigenvalue weighted by Crippen LogP contribution is -2.51. The van der Waals surface area contributed by atoms with E-state index in [4.69, 9.17) is 0 Å². The van der Waals surface area contributed by atoms with E-state index in [-0.39, 0.29) is 54.7 Å². The molecular weight excluding hydrogens is 394 g/mol. The van der Waals surface area contributed by atoms with Gasteiger partial charge in [-0.1, -0.05) is 0 Å². The molecule has 0 radical (unpaired) electrons. The number of hydrogen-bond acceptors (Lipinski definition) is 5. The zero-order chi connectivity index (χ0) is 20.3. The molecule has 0 saturated carbocycles. The van der Waals surface area contributed by atoms with Crippen LogP contribution in [0.2, 0.25) is 0 Å². The van der Waals surface area contributed by atoms with Gasteiger partial charge in [-0.15, -0.1) is 12.4 Å².